The zero-order valence-corrected chi connectivity index (χ0v) is 14.1. The molecular formula is C14H16FIN2OS. The average molecular weight is 406 g/mol. The van der Waals surface area contributed by atoms with Gasteiger partial charge < -0.3 is 10.6 Å². The molecule has 1 saturated heterocycles. The monoisotopic (exact) mass is 406 g/mol. The summed E-state index contributed by atoms with van der Waals surface area (Å²) in [6.07, 6.45) is 1.54. The minimum Gasteiger partial charge on any atom is -0.393 e. The van der Waals surface area contributed by atoms with Gasteiger partial charge in [0.15, 0.2) is 0 Å². The van der Waals surface area contributed by atoms with Crippen LogP contribution in [0.15, 0.2) is 18.2 Å². The normalized spacial score (nSPS) is 17.9. The number of nitrogens with two attached hydrogens (primary N) is 1. The van der Waals surface area contributed by atoms with E-state index >= 15 is 0 Å². The zero-order valence-electron chi connectivity index (χ0n) is 11.2. The molecule has 0 atom stereocenters. The minimum atomic E-state index is -0.328. The molecule has 2 N–H and O–H groups in total. The first-order valence-electron chi connectivity index (χ1n) is 6.38. The van der Waals surface area contributed by atoms with Gasteiger partial charge in [-0.2, -0.15) is 0 Å². The van der Waals surface area contributed by atoms with Gasteiger partial charge in [0.05, 0.1) is 10.6 Å². The van der Waals surface area contributed by atoms with E-state index in [0.717, 1.165) is 12.8 Å². The van der Waals surface area contributed by atoms with Crippen LogP contribution in [0.25, 0.3) is 0 Å². The molecule has 0 radical (unpaired) electrons. The van der Waals surface area contributed by atoms with Crippen molar-refractivity contribution >= 4 is 45.7 Å². The third-order valence-corrected chi connectivity index (χ3v) is 5.30. The summed E-state index contributed by atoms with van der Waals surface area (Å²) in [7, 11) is 0. The number of carbonyl (C=O) groups is 1. The first kappa shape index (κ1) is 15.6. The van der Waals surface area contributed by atoms with Crippen molar-refractivity contribution in [1.29, 1.82) is 0 Å². The predicted octanol–water partition coefficient (Wildman–Crippen LogP) is 2.96. The smallest absolute Gasteiger partial charge is 0.254 e. The number of piperidine rings is 1. The lowest BCUT2D eigenvalue weighted by atomic mass is 9.80. The minimum absolute atomic E-state index is 0.0561. The maximum absolute atomic E-state index is 13.1. The molecule has 2 rings (SSSR count). The van der Waals surface area contributed by atoms with Gasteiger partial charge in [-0.15, -0.1) is 0 Å². The highest BCUT2D eigenvalue weighted by molar-refractivity contribution is 14.1. The Morgan fingerprint density at radius 3 is 2.55 bits per heavy atom. The molecular weight excluding hydrogens is 390 g/mol. The fraction of sp³-hybridized carbons (Fsp3) is 0.429. The van der Waals surface area contributed by atoms with E-state index in [1.165, 1.54) is 12.1 Å². The van der Waals surface area contributed by atoms with Crippen molar-refractivity contribution in [2.45, 2.75) is 19.8 Å². The summed E-state index contributed by atoms with van der Waals surface area (Å²) >= 11 is 7.08. The van der Waals surface area contributed by atoms with Crippen LogP contribution < -0.4 is 5.73 Å². The van der Waals surface area contributed by atoms with Crippen LogP contribution in [0, 0.1) is 14.8 Å². The standard InChI is InChI=1S/C14H16FIN2OS/c1-14(13(17)20)4-6-18(7-5-14)12(19)10-3-2-9(15)8-11(10)16/h2-3,8H,4-7H2,1H3,(H2,17,20). The van der Waals surface area contributed by atoms with Crippen LogP contribution in [-0.2, 0) is 0 Å². The van der Waals surface area contributed by atoms with Crippen molar-refractivity contribution in [2.24, 2.45) is 11.1 Å². The van der Waals surface area contributed by atoms with E-state index in [2.05, 4.69) is 0 Å². The second-order valence-corrected chi connectivity index (χ2v) is 6.94. The molecule has 1 aliphatic heterocycles. The summed E-state index contributed by atoms with van der Waals surface area (Å²) in [6, 6.07) is 4.23. The van der Waals surface area contributed by atoms with Gasteiger partial charge in [0.25, 0.3) is 5.91 Å². The molecule has 0 aromatic heterocycles. The van der Waals surface area contributed by atoms with Gasteiger partial charge in [0.1, 0.15) is 5.82 Å². The number of likely N-dealkylation sites (tertiary alicyclic amines) is 1. The molecule has 0 unspecified atom stereocenters. The van der Waals surface area contributed by atoms with Gasteiger partial charge >= 0.3 is 0 Å². The maximum atomic E-state index is 13.1. The summed E-state index contributed by atoms with van der Waals surface area (Å²) < 4.78 is 13.7. The number of amides is 1. The van der Waals surface area contributed by atoms with Crippen LogP contribution in [0.3, 0.4) is 0 Å². The topological polar surface area (TPSA) is 46.3 Å². The lowest BCUT2D eigenvalue weighted by Gasteiger charge is -2.38. The largest absolute Gasteiger partial charge is 0.393 e. The van der Waals surface area contributed by atoms with Gasteiger partial charge in [-0.05, 0) is 53.6 Å². The SMILES string of the molecule is CC1(C(N)=S)CCN(C(=O)c2ccc(F)cc2I)CC1. The van der Waals surface area contributed by atoms with Crippen LogP contribution in [0.4, 0.5) is 4.39 Å². The molecule has 1 aromatic carbocycles. The average Bonchev–Trinajstić information content (AvgIpc) is 2.38. The summed E-state index contributed by atoms with van der Waals surface area (Å²) in [5.41, 5.74) is 6.14. The number of thiocarbonyl (C=S) groups is 1. The van der Waals surface area contributed by atoms with Crippen molar-refractivity contribution in [1.82, 2.24) is 4.90 Å². The van der Waals surface area contributed by atoms with E-state index in [0.29, 0.717) is 27.2 Å². The highest BCUT2D eigenvalue weighted by atomic mass is 127. The first-order chi connectivity index (χ1) is 9.33. The molecule has 1 amide bonds. The Morgan fingerprint density at radius 2 is 2.05 bits per heavy atom. The summed E-state index contributed by atoms with van der Waals surface area (Å²) in [5.74, 6) is -0.384. The summed E-state index contributed by atoms with van der Waals surface area (Å²) in [4.78, 5) is 14.7. The van der Waals surface area contributed by atoms with Crippen molar-refractivity contribution in [2.75, 3.05) is 13.1 Å². The van der Waals surface area contributed by atoms with Gasteiger partial charge in [0, 0.05) is 22.1 Å². The molecule has 0 bridgehead atoms. The van der Waals surface area contributed by atoms with E-state index < -0.39 is 0 Å². The molecule has 108 valence electrons. The quantitative estimate of drug-likeness (QED) is 0.607. The molecule has 0 spiro atoms. The third kappa shape index (κ3) is 3.11. The third-order valence-electron chi connectivity index (χ3n) is 3.91. The second-order valence-electron chi connectivity index (χ2n) is 5.34. The number of nitrogens with zero attached hydrogens (tertiary/aromatic N) is 1. The highest BCUT2D eigenvalue weighted by Gasteiger charge is 2.34. The number of halogens is 2. The van der Waals surface area contributed by atoms with E-state index in [4.69, 9.17) is 18.0 Å². The fourth-order valence-electron chi connectivity index (χ4n) is 2.28. The fourth-order valence-corrected chi connectivity index (χ4v) is 3.20. The lowest BCUT2D eigenvalue weighted by molar-refractivity contribution is 0.0669. The second kappa shape index (κ2) is 5.93. The Balaban J connectivity index is 2.11. The number of hydrogen-bond donors (Lipinski definition) is 1. The van der Waals surface area contributed by atoms with Crippen LogP contribution in [0.1, 0.15) is 30.1 Å². The summed E-state index contributed by atoms with van der Waals surface area (Å²) in [6.45, 7) is 3.29. The number of rotatable bonds is 2. The Hall–Kier alpha value is -0.760. The number of benzene rings is 1. The molecule has 0 saturated carbocycles. The van der Waals surface area contributed by atoms with E-state index in [1.807, 2.05) is 29.5 Å². The van der Waals surface area contributed by atoms with Crippen LogP contribution >= 0.6 is 34.8 Å². The van der Waals surface area contributed by atoms with Crippen LogP contribution in [-0.4, -0.2) is 28.9 Å². The van der Waals surface area contributed by atoms with Crippen molar-refractivity contribution in [3.05, 3.63) is 33.1 Å². The Labute approximate surface area is 136 Å². The van der Waals surface area contributed by atoms with Crippen LogP contribution in [0.2, 0.25) is 0 Å². The van der Waals surface area contributed by atoms with Gasteiger partial charge in [-0.3, -0.25) is 4.79 Å². The van der Waals surface area contributed by atoms with E-state index in [-0.39, 0.29) is 17.1 Å². The molecule has 3 nitrogen and oxygen atoms in total. The molecule has 1 aromatic rings. The molecule has 6 heteroatoms. The van der Waals surface area contributed by atoms with Gasteiger partial charge in [-0.25, -0.2) is 4.39 Å². The van der Waals surface area contributed by atoms with Gasteiger partial charge in [0.2, 0.25) is 0 Å². The highest BCUT2D eigenvalue weighted by Crippen LogP contribution is 2.32. The van der Waals surface area contributed by atoms with E-state index in [9.17, 15) is 9.18 Å². The zero-order chi connectivity index (χ0) is 14.9. The Bertz CT molecular complexity index is 556. The molecule has 1 aliphatic rings. The van der Waals surface area contributed by atoms with E-state index in [1.54, 1.807) is 11.0 Å². The lowest BCUT2D eigenvalue weighted by Crippen LogP contribution is -2.46. The first-order valence-corrected chi connectivity index (χ1v) is 7.86. The molecule has 1 fully saturated rings. The number of carbonyl (C=O) groups excluding carboxylic acids is 1. The van der Waals surface area contributed by atoms with Gasteiger partial charge in [-0.1, -0.05) is 19.1 Å². The molecule has 1 heterocycles. The molecule has 20 heavy (non-hydrogen) atoms. The number of hydrogen-bond acceptors (Lipinski definition) is 2. The Kier molecular flexibility index (Phi) is 4.63. The van der Waals surface area contributed by atoms with Crippen molar-refractivity contribution in [3.8, 4) is 0 Å². The Morgan fingerprint density at radius 1 is 1.45 bits per heavy atom. The summed E-state index contributed by atoms with van der Waals surface area (Å²) in [5, 5.41) is 0. The maximum Gasteiger partial charge on any atom is 0.254 e. The van der Waals surface area contributed by atoms with Crippen molar-refractivity contribution < 1.29 is 9.18 Å². The van der Waals surface area contributed by atoms with Crippen molar-refractivity contribution in [3.63, 3.8) is 0 Å². The predicted molar refractivity (Wildman–Crippen MR) is 89.1 cm³/mol. The molecule has 0 aliphatic carbocycles. The van der Waals surface area contributed by atoms with Crippen LogP contribution in [0.5, 0.6) is 0 Å².